The van der Waals surface area contributed by atoms with E-state index in [0.29, 0.717) is 12.5 Å². The molecule has 0 aromatic heterocycles. The topological polar surface area (TPSA) is 81.1 Å². The van der Waals surface area contributed by atoms with Crippen LogP contribution in [0.25, 0.3) is 0 Å². The number of hydrogen-bond acceptors (Lipinski definition) is 3. The van der Waals surface area contributed by atoms with Crippen molar-refractivity contribution in [2.24, 2.45) is 17.4 Å². The van der Waals surface area contributed by atoms with Gasteiger partial charge in [0.05, 0.1) is 6.04 Å². The number of nitrogens with one attached hydrogen (secondary N) is 1. The molecule has 1 unspecified atom stereocenters. The standard InChI is InChI=1S/C14H33N3OSi/c1-11(2)14(3,4)19(5,6)17-12(13(16)18)9-7-8-10-15/h11-12,17H,7-10,15H2,1-6H3,(H2,16,18). The van der Waals surface area contributed by atoms with E-state index in [1.807, 2.05) is 0 Å². The van der Waals surface area contributed by atoms with Crippen LogP contribution < -0.4 is 16.4 Å². The maximum absolute atomic E-state index is 11.6. The van der Waals surface area contributed by atoms with Crippen molar-refractivity contribution < 1.29 is 4.79 Å². The summed E-state index contributed by atoms with van der Waals surface area (Å²) in [7, 11) is -1.76. The van der Waals surface area contributed by atoms with E-state index in [-0.39, 0.29) is 17.0 Å². The predicted molar refractivity (Wildman–Crippen MR) is 85.4 cm³/mol. The normalized spacial score (nSPS) is 14.7. The van der Waals surface area contributed by atoms with Crippen LogP contribution in [0, 0.1) is 5.92 Å². The Bertz CT molecular complexity index is 290. The molecule has 1 atom stereocenters. The zero-order valence-electron chi connectivity index (χ0n) is 13.5. The van der Waals surface area contributed by atoms with Gasteiger partial charge in [0.1, 0.15) is 8.24 Å². The molecule has 0 radical (unpaired) electrons. The van der Waals surface area contributed by atoms with Gasteiger partial charge in [-0.25, -0.2) is 0 Å². The second-order valence-electron chi connectivity index (χ2n) is 6.89. The van der Waals surface area contributed by atoms with Crippen molar-refractivity contribution in [1.29, 1.82) is 0 Å². The van der Waals surface area contributed by atoms with Gasteiger partial charge < -0.3 is 16.4 Å². The Labute approximate surface area is 119 Å². The monoisotopic (exact) mass is 287 g/mol. The van der Waals surface area contributed by atoms with E-state index in [0.717, 1.165) is 19.3 Å². The molecular weight excluding hydrogens is 254 g/mol. The molecule has 0 spiro atoms. The van der Waals surface area contributed by atoms with Gasteiger partial charge in [-0.1, -0.05) is 47.2 Å². The van der Waals surface area contributed by atoms with E-state index in [1.165, 1.54) is 0 Å². The number of unbranched alkanes of at least 4 members (excludes halogenated alkanes) is 1. The number of hydrogen-bond donors (Lipinski definition) is 3. The van der Waals surface area contributed by atoms with Gasteiger partial charge in [-0.3, -0.25) is 4.79 Å². The highest BCUT2D eigenvalue weighted by Crippen LogP contribution is 2.42. The summed E-state index contributed by atoms with van der Waals surface area (Å²) in [5.74, 6) is 0.330. The molecule has 1 amide bonds. The van der Waals surface area contributed by atoms with Gasteiger partial charge >= 0.3 is 0 Å². The third kappa shape index (κ3) is 5.24. The van der Waals surface area contributed by atoms with Crippen LogP contribution in [-0.2, 0) is 4.79 Å². The van der Waals surface area contributed by atoms with E-state index in [2.05, 4.69) is 45.8 Å². The van der Waals surface area contributed by atoms with Crippen molar-refractivity contribution in [3.63, 3.8) is 0 Å². The molecule has 0 saturated heterocycles. The SMILES string of the molecule is CC(C)C(C)(C)[Si](C)(C)NC(CCCCN)C(N)=O. The van der Waals surface area contributed by atoms with Crippen LogP contribution in [0.5, 0.6) is 0 Å². The molecule has 0 aromatic carbocycles. The average Bonchev–Trinajstić information content (AvgIpc) is 2.27. The lowest BCUT2D eigenvalue weighted by molar-refractivity contribution is -0.119. The minimum absolute atomic E-state index is 0.203. The molecule has 0 aliphatic heterocycles. The summed E-state index contributed by atoms with van der Waals surface area (Å²) in [5, 5.41) is 0.203. The maximum atomic E-state index is 11.6. The summed E-state index contributed by atoms with van der Waals surface area (Å²) in [5.41, 5.74) is 11.0. The zero-order valence-corrected chi connectivity index (χ0v) is 14.5. The molecule has 0 aliphatic rings. The maximum Gasteiger partial charge on any atom is 0.233 e. The van der Waals surface area contributed by atoms with Crippen LogP contribution in [0.15, 0.2) is 0 Å². The molecule has 5 N–H and O–H groups in total. The van der Waals surface area contributed by atoms with Crippen LogP contribution in [0.3, 0.4) is 0 Å². The fourth-order valence-electron chi connectivity index (χ4n) is 2.12. The highest BCUT2D eigenvalue weighted by molar-refractivity contribution is 6.78. The lowest BCUT2D eigenvalue weighted by Crippen LogP contribution is -2.61. The molecule has 0 heterocycles. The van der Waals surface area contributed by atoms with E-state index in [1.54, 1.807) is 0 Å². The summed E-state index contributed by atoms with van der Waals surface area (Å²) in [4.78, 5) is 15.2. The molecule has 114 valence electrons. The Balaban J connectivity index is 4.78. The van der Waals surface area contributed by atoms with Crippen molar-refractivity contribution in [2.75, 3.05) is 6.54 Å². The van der Waals surface area contributed by atoms with E-state index in [4.69, 9.17) is 11.5 Å². The fraction of sp³-hybridized carbons (Fsp3) is 0.929. The molecule has 19 heavy (non-hydrogen) atoms. The quantitative estimate of drug-likeness (QED) is 0.449. The van der Waals surface area contributed by atoms with Crippen molar-refractivity contribution in [3.05, 3.63) is 0 Å². The van der Waals surface area contributed by atoms with Crippen molar-refractivity contribution >= 4 is 14.1 Å². The van der Waals surface area contributed by atoms with Crippen LogP contribution in [-0.4, -0.2) is 26.7 Å². The van der Waals surface area contributed by atoms with Crippen LogP contribution in [0.2, 0.25) is 18.1 Å². The first-order valence-electron chi connectivity index (χ1n) is 7.33. The predicted octanol–water partition coefficient (Wildman–Crippen LogP) is 2.20. The number of carbonyl (C=O) groups excluding carboxylic acids is 1. The number of amides is 1. The van der Waals surface area contributed by atoms with Gasteiger partial charge in [-0.2, -0.15) is 0 Å². The number of carbonyl (C=O) groups is 1. The van der Waals surface area contributed by atoms with Gasteiger partial charge in [0, 0.05) is 0 Å². The number of rotatable bonds is 9. The molecule has 0 bridgehead atoms. The van der Waals surface area contributed by atoms with Crippen molar-refractivity contribution in [1.82, 2.24) is 4.98 Å². The Morgan fingerprint density at radius 2 is 1.79 bits per heavy atom. The first-order valence-corrected chi connectivity index (χ1v) is 10.3. The Morgan fingerprint density at radius 1 is 1.26 bits per heavy atom. The minimum atomic E-state index is -1.76. The Hall–Kier alpha value is -0.393. The highest BCUT2D eigenvalue weighted by Gasteiger charge is 2.43. The summed E-state index contributed by atoms with van der Waals surface area (Å²) >= 11 is 0. The third-order valence-corrected chi connectivity index (χ3v) is 9.75. The van der Waals surface area contributed by atoms with Crippen molar-refractivity contribution in [3.8, 4) is 0 Å². The van der Waals surface area contributed by atoms with Gasteiger partial charge in [-0.15, -0.1) is 0 Å². The summed E-state index contributed by atoms with van der Waals surface area (Å²) in [6.45, 7) is 14.3. The van der Waals surface area contributed by atoms with Crippen LogP contribution in [0.4, 0.5) is 0 Å². The lowest BCUT2D eigenvalue weighted by atomic mass is 9.99. The zero-order chi connectivity index (χ0) is 15.3. The van der Waals surface area contributed by atoms with Crippen molar-refractivity contribution in [2.45, 2.75) is 71.1 Å². The molecule has 5 heteroatoms. The average molecular weight is 288 g/mol. The first kappa shape index (κ1) is 18.6. The second kappa shape index (κ2) is 7.41. The molecule has 0 fully saturated rings. The smallest absolute Gasteiger partial charge is 0.233 e. The largest absolute Gasteiger partial charge is 0.368 e. The fourth-order valence-corrected chi connectivity index (χ4v) is 5.09. The van der Waals surface area contributed by atoms with Gasteiger partial charge in [0.2, 0.25) is 5.91 Å². The highest BCUT2D eigenvalue weighted by atomic mass is 28.3. The first-order chi connectivity index (χ1) is 8.56. The van der Waals surface area contributed by atoms with Crippen LogP contribution >= 0.6 is 0 Å². The van der Waals surface area contributed by atoms with Gasteiger partial charge in [0.15, 0.2) is 0 Å². The van der Waals surface area contributed by atoms with E-state index >= 15 is 0 Å². The minimum Gasteiger partial charge on any atom is -0.368 e. The third-order valence-electron chi connectivity index (χ3n) is 4.88. The molecule has 4 nitrogen and oxygen atoms in total. The summed E-state index contributed by atoms with van der Waals surface area (Å²) in [6, 6.07) is -0.216. The summed E-state index contributed by atoms with van der Waals surface area (Å²) in [6.07, 6.45) is 2.68. The number of primary amides is 1. The summed E-state index contributed by atoms with van der Waals surface area (Å²) < 4.78 is 0. The molecular formula is C14H33N3OSi. The van der Waals surface area contributed by atoms with E-state index < -0.39 is 8.24 Å². The Morgan fingerprint density at radius 3 is 2.16 bits per heavy atom. The molecule has 0 aromatic rings. The molecule has 0 saturated carbocycles. The van der Waals surface area contributed by atoms with E-state index in [9.17, 15) is 4.79 Å². The second-order valence-corrected chi connectivity index (χ2v) is 11.7. The molecule has 0 rings (SSSR count). The van der Waals surface area contributed by atoms with Crippen LogP contribution in [0.1, 0.15) is 47.0 Å². The lowest BCUT2D eigenvalue weighted by Gasteiger charge is -2.45. The number of nitrogens with two attached hydrogens (primary N) is 2. The molecule has 0 aliphatic carbocycles. The van der Waals surface area contributed by atoms with Gasteiger partial charge in [-0.05, 0) is 30.3 Å². The van der Waals surface area contributed by atoms with Gasteiger partial charge in [0.25, 0.3) is 0 Å². The Kier molecular flexibility index (Phi) is 7.25.